The zero-order valence-corrected chi connectivity index (χ0v) is 13.2. The highest BCUT2D eigenvalue weighted by Gasteiger charge is 2.28. The summed E-state index contributed by atoms with van der Waals surface area (Å²) in [5.41, 5.74) is 0. The smallest absolute Gasteiger partial charge is 0.303 e. The summed E-state index contributed by atoms with van der Waals surface area (Å²) < 4.78 is 26.2. The molecule has 7 heteroatoms. The Morgan fingerprint density at radius 3 is 2.45 bits per heavy atom. The van der Waals surface area contributed by atoms with E-state index < -0.39 is 16.0 Å². The molecule has 1 rings (SSSR count). The number of piperidine rings is 1. The minimum absolute atomic E-state index is 0.0809. The van der Waals surface area contributed by atoms with Gasteiger partial charge < -0.3 is 10.4 Å². The van der Waals surface area contributed by atoms with Crippen LogP contribution in [0.15, 0.2) is 0 Å². The van der Waals surface area contributed by atoms with Crippen LogP contribution in [0.3, 0.4) is 0 Å². The molecule has 0 aromatic carbocycles. The fourth-order valence-electron chi connectivity index (χ4n) is 2.49. The average molecular weight is 306 g/mol. The van der Waals surface area contributed by atoms with Gasteiger partial charge in [-0.2, -0.15) is 4.31 Å². The molecule has 1 heterocycles. The van der Waals surface area contributed by atoms with Gasteiger partial charge in [-0.15, -0.1) is 0 Å². The first-order valence-corrected chi connectivity index (χ1v) is 8.86. The molecular weight excluding hydrogens is 280 g/mol. The lowest BCUT2D eigenvalue weighted by atomic mass is 9.98. The number of sulfonamides is 1. The maximum Gasteiger partial charge on any atom is 0.303 e. The van der Waals surface area contributed by atoms with Crippen LogP contribution in [-0.4, -0.2) is 55.2 Å². The maximum absolute atomic E-state index is 12.3. The van der Waals surface area contributed by atoms with Crippen LogP contribution in [0.5, 0.6) is 0 Å². The van der Waals surface area contributed by atoms with Crippen LogP contribution in [0.4, 0.5) is 0 Å². The van der Waals surface area contributed by atoms with E-state index in [9.17, 15) is 13.2 Å². The van der Waals surface area contributed by atoms with Crippen LogP contribution in [0.1, 0.15) is 39.5 Å². The fraction of sp³-hybridized carbons (Fsp3) is 0.923. The molecule has 0 aromatic heterocycles. The van der Waals surface area contributed by atoms with Crippen LogP contribution < -0.4 is 5.32 Å². The monoisotopic (exact) mass is 306 g/mol. The summed E-state index contributed by atoms with van der Waals surface area (Å²) >= 11 is 0. The van der Waals surface area contributed by atoms with E-state index >= 15 is 0 Å². The molecule has 0 atom stereocenters. The lowest BCUT2D eigenvalue weighted by Gasteiger charge is -2.32. The molecule has 0 amide bonds. The highest BCUT2D eigenvalue weighted by Crippen LogP contribution is 2.18. The van der Waals surface area contributed by atoms with Crippen molar-refractivity contribution in [3.63, 3.8) is 0 Å². The number of carboxylic acids is 1. The molecule has 1 saturated heterocycles. The van der Waals surface area contributed by atoms with Crippen molar-refractivity contribution in [1.29, 1.82) is 0 Å². The number of carbonyl (C=O) groups is 1. The molecule has 0 bridgehead atoms. The van der Waals surface area contributed by atoms with E-state index in [1.165, 1.54) is 0 Å². The molecule has 0 aliphatic carbocycles. The summed E-state index contributed by atoms with van der Waals surface area (Å²) in [6, 6.07) is -0.0836. The Morgan fingerprint density at radius 1 is 1.35 bits per heavy atom. The molecule has 2 N–H and O–H groups in total. The summed E-state index contributed by atoms with van der Waals surface area (Å²) in [5.74, 6) is -0.634. The Balaban J connectivity index is 2.60. The van der Waals surface area contributed by atoms with Gasteiger partial charge in [0.2, 0.25) is 10.0 Å². The molecule has 0 saturated carbocycles. The number of rotatable bonds is 8. The van der Waals surface area contributed by atoms with Crippen molar-refractivity contribution in [3.8, 4) is 0 Å². The second kappa shape index (κ2) is 7.95. The van der Waals surface area contributed by atoms with Crippen molar-refractivity contribution in [1.82, 2.24) is 9.62 Å². The zero-order valence-electron chi connectivity index (χ0n) is 12.3. The van der Waals surface area contributed by atoms with E-state index in [0.29, 0.717) is 12.5 Å². The molecule has 0 unspecified atom stereocenters. The Labute approximate surface area is 121 Å². The third-order valence-electron chi connectivity index (χ3n) is 3.62. The molecule has 6 nitrogen and oxygen atoms in total. The summed E-state index contributed by atoms with van der Waals surface area (Å²) in [6.07, 6.45) is 2.06. The van der Waals surface area contributed by atoms with Crippen LogP contribution in [0.2, 0.25) is 0 Å². The van der Waals surface area contributed by atoms with Crippen LogP contribution in [-0.2, 0) is 14.8 Å². The predicted molar refractivity (Wildman–Crippen MR) is 78.1 cm³/mol. The minimum atomic E-state index is -3.37. The Hall–Kier alpha value is -0.660. The van der Waals surface area contributed by atoms with Crippen LogP contribution in [0, 0.1) is 5.92 Å². The minimum Gasteiger partial charge on any atom is -0.481 e. The molecule has 0 radical (unpaired) electrons. The van der Waals surface area contributed by atoms with Gasteiger partial charge in [0.1, 0.15) is 0 Å². The van der Waals surface area contributed by atoms with Gasteiger partial charge in [-0.1, -0.05) is 0 Å². The van der Waals surface area contributed by atoms with Gasteiger partial charge in [0, 0.05) is 19.0 Å². The second-order valence-corrected chi connectivity index (χ2v) is 7.71. The Kier molecular flexibility index (Phi) is 6.91. The summed E-state index contributed by atoms with van der Waals surface area (Å²) in [5, 5.41) is 11.9. The van der Waals surface area contributed by atoms with Crippen molar-refractivity contribution in [2.45, 2.75) is 45.6 Å². The van der Waals surface area contributed by atoms with Crippen LogP contribution in [0.25, 0.3) is 0 Å². The first-order valence-electron chi connectivity index (χ1n) is 7.25. The molecule has 1 fully saturated rings. The molecule has 20 heavy (non-hydrogen) atoms. The van der Waals surface area contributed by atoms with Crippen LogP contribution >= 0.6 is 0 Å². The predicted octanol–water partition coefficient (Wildman–Crippen LogP) is 0.891. The first-order chi connectivity index (χ1) is 9.33. The van der Waals surface area contributed by atoms with Gasteiger partial charge in [-0.3, -0.25) is 4.79 Å². The van der Waals surface area contributed by atoms with Gasteiger partial charge in [0.15, 0.2) is 0 Å². The first kappa shape index (κ1) is 17.4. The molecular formula is C13H26N2O4S. The fourth-order valence-corrected chi connectivity index (χ4v) is 4.31. The van der Waals surface area contributed by atoms with Gasteiger partial charge in [0.05, 0.1) is 5.75 Å². The average Bonchev–Trinajstić information content (AvgIpc) is 2.36. The second-order valence-electron chi connectivity index (χ2n) is 5.67. The number of hydrogen-bond donors (Lipinski definition) is 2. The van der Waals surface area contributed by atoms with Crippen molar-refractivity contribution >= 4 is 16.0 Å². The Morgan fingerprint density at radius 2 is 1.95 bits per heavy atom. The standard InChI is InChI=1S/C13H26N2O4S/c1-11(2)15(10-12-5-7-14-8-6-12)20(18,19)9-3-4-13(16)17/h11-12,14H,3-10H2,1-2H3,(H,16,17). The summed E-state index contributed by atoms with van der Waals surface area (Å²) in [7, 11) is -3.37. The van der Waals surface area contributed by atoms with E-state index in [1.807, 2.05) is 13.8 Å². The number of aliphatic carboxylic acids is 1. The van der Waals surface area contributed by atoms with Crippen molar-refractivity contribution in [2.24, 2.45) is 5.92 Å². The SMILES string of the molecule is CC(C)N(CC1CCNCC1)S(=O)(=O)CCCC(=O)O. The summed E-state index contributed by atoms with van der Waals surface area (Å²) in [4.78, 5) is 10.5. The third-order valence-corrected chi connectivity index (χ3v) is 5.71. The van der Waals surface area contributed by atoms with Crippen molar-refractivity contribution in [3.05, 3.63) is 0 Å². The van der Waals surface area contributed by atoms with E-state index in [1.54, 1.807) is 4.31 Å². The number of nitrogens with one attached hydrogen (secondary N) is 1. The maximum atomic E-state index is 12.3. The van der Waals surface area contributed by atoms with Gasteiger partial charge >= 0.3 is 5.97 Å². The lowest BCUT2D eigenvalue weighted by molar-refractivity contribution is -0.137. The molecule has 0 aromatic rings. The third kappa shape index (κ3) is 5.76. The lowest BCUT2D eigenvalue weighted by Crippen LogP contribution is -2.43. The van der Waals surface area contributed by atoms with Gasteiger partial charge in [-0.25, -0.2) is 8.42 Å². The zero-order chi connectivity index (χ0) is 15.2. The largest absolute Gasteiger partial charge is 0.481 e. The normalized spacial score (nSPS) is 17.8. The van der Waals surface area contributed by atoms with E-state index in [2.05, 4.69) is 5.32 Å². The highest BCUT2D eigenvalue weighted by atomic mass is 32.2. The van der Waals surface area contributed by atoms with Gasteiger partial charge in [-0.05, 0) is 52.1 Å². The van der Waals surface area contributed by atoms with Gasteiger partial charge in [0.25, 0.3) is 0 Å². The molecule has 1 aliphatic heterocycles. The Bertz CT molecular complexity index is 403. The van der Waals surface area contributed by atoms with Crippen molar-refractivity contribution in [2.75, 3.05) is 25.4 Å². The van der Waals surface area contributed by atoms with Crippen molar-refractivity contribution < 1.29 is 18.3 Å². The highest BCUT2D eigenvalue weighted by molar-refractivity contribution is 7.89. The summed E-state index contributed by atoms with van der Waals surface area (Å²) in [6.45, 7) is 6.17. The van der Waals surface area contributed by atoms with E-state index in [4.69, 9.17) is 5.11 Å². The quantitative estimate of drug-likeness (QED) is 0.695. The topological polar surface area (TPSA) is 86.7 Å². The molecule has 0 spiro atoms. The number of carboxylic acid groups (broad SMARTS) is 1. The van der Waals surface area contributed by atoms with E-state index in [0.717, 1.165) is 25.9 Å². The number of hydrogen-bond acceptors (Lipinski definition) is 4. The number of nitrogens with zero attached hydrogens (tertiary/aromatic N) is 1. The van der Waals surface area contributed by atoms with E-state index in [-0.39, 0.29) is 24.6 Å². The molecule has 118 valence electrons. The molecule has 1 aliphatic rings.